The van der Waals surface area contributed by atoms with Crippen molar-refractivity contribution in [3.05, 3.63) is 146 Å². The fourth-order valence-electron chi connectivity index (χ4n) is 9.22. The first kappa shape index (κ1) is 51.6. The van der Waals surface area contributed by atoms with Gasteiger partial charge in [-0.1, -0.05) is 0 Å². The van der Waals surface area contributed by atoms with Crippen molar-refractivity contribution in [3.8, 4) is 0 Å². The molecule has 0 spiro atoms. The zero-order chi connectivity index (χ0) is 48.4. The van der Waals surface area contributed by atoms with Crippen molar-refractivity contribution < 1.29 is 19.1 Å². The highest BCUT2D eigenvalue weighted by molar-refractivity contribution is 6.25. The summed E-state index contributed by atoms with van der Waals surface area (Å²) in [6.45, 7) is 35.4. The van der Waals surface area contributed by atoms with Crippen LogP contribution >= 0.6 is 0 Å². The lowest BCUT2D eigenvalue weighted by atomic mass is 9.82. The van der Waals surface area contributed by atoms with Crippen LogP contribution < -0.4 is 0 Å². The lowest BCUT2D eigenvalue weighted by molar-refractivity contribution is -0.179. The molecule has 0 saturated heterocycles. The molecule has 0 unspecified atom stereocenters. The van der Waals surface area contributed by atoms with Crippen LogP contribution in [0.1, 0.15) is 138 Å². The van der Waals surface area contributed by atoms with Gasteiger partial charge in [0.1, 0.15) is 0 Å². The predicted molar refractivity (Wildman–Crippen MR) is 269 cm³/mol. The Hall–Kier alpha value is -5.02. The minimum absolute atomic E-state index is 0.0916. The van der Waals surface area contributed by atoms with Gasteiger partial charge < -0.3 is 14.4 Å². The van der Waals surface area contributed by atoms with E-state index in [2.05, 4.69) is 123 Å². The molecular formula is C56H76N4O4. The Labute approximate surface area is 385 Å². The van der Waals surface area contributed by atoms with Gasteiger partial charge in [0, 0.05) is 86.4 Å². The molecule has 0 aromatic heterocycles. The summed E-state index contributed by atoms with van der Waals surface area (Å²) >= 11 is 0. The molecule has 0 saturated carbocycles. The highest BCUT2D eigenvalue weighted by Gasteiger charge is 2.30. The maximum absolute atomic E-state index is 13.6. The number of methoxy groups -OCH3 is 2. The number of rotatable bonds is 6. The fourth-order valence-corrected chi connectivity index (χ4v) is 9.22. The molecule has 0 aliphatic carbocycles. The number of hydrogen-bond donors (Lipinski definition) is 0. The summed E-state index contributed by atoms with van der Waals surface area (Å²) in [7, 11) is 10.9. The smallest absolute Gasteiger partial charge is 0.217 e. The third-order valence-electron chi connectivity index (χ3n) is 14.4. The van der Waals surface area contributed by atoms with E-state index in [0.717, 1.165) is 50.4 Å². The van der Waals surface area contributed by atoms with Crippen LogP contribution in [-0.4, -0.2) is 94.7 Å². The quantitative estimate of drug-likeness (QED) is 0.142. The Morgan fingerprint density at radius 3 is 1.23 bits per heavy atom. The summed E-state index contributed by atoms with van der Waals surface area (Å²) < 4.78 is 9.73. The van der Waals surface area contributed by atoms with Crippen molar-refractivity contribution in [2.75, 3.05) is 55.5 Å². The number of fused-ring (bicyclic) bond motifs is 2. The van der Waals surface area contributed by atoms with Crippen molar-refractivity contribution in [1.29, 1.82) is 0 Å². The number of carbonyl (C=O) groups is 2. The second-order valence-electron chi connectivity index (χ2n) is 18.5. The lowest BCUT2D eigenvalue weighted by Gasteiger charge is -2.22. The van der Waals surface area contributed by atoms with E-state index in [-0.39, 0.29) is 18.0 Å². The number of aliphatic imine (C=N–C) groups is 2. The Morgan fingerprint density at radius 2 is 0.859 bits per heavy atom. The van der Waals surface area contributed by atoms with Gasteiger partial charge in [0.25, 0.3) is 0 Å². The molecule has 8 nitrogen and oxygen atoms in total. The van der Waals surface area contributed by atoms with Crippen molar-refractivity contribution in [1.82, 2.24) is 9.80 Å². The Bertz CT molecular complexity index is 2540. The number of carbonyl (C=O) groups excluding carboxylic acids is 2. The SMILES string of the molecule is COC(OC)N(C)C.Cc1cc2c(c(C)c1C)C(=O)/C(=C/N(C)C)CN=C2c1c(C)c(C)c(C)c(C)c1C.Cc1cc2c(c(C)c1C)C(=O)CCN=C2c1c(C)c(C)c(C)c(C)c1C. The third-order valence-corrected chi connectivity index (χ3v) is 14.4. The molecular weight excluding hydrogens is 793 g/mol. The summed E-state index contributed by atoms with van der Waals surface area (Å²) in [5.74, 6) is 0.309. The van der Waals surface area contributed by atoms with Crippen molar-refractivity contribution in [2.24, 2.45) is 9.98 Å². The highest BCUT2D eigenvalue weighted by atomic mass is 16.7. The molecule has 6 rings (SSSR count). The maximum Gasteiger partial charge on any atom is 0.217 e. The molecule has 2 aliphatic heterocycles. The van der Waals surface area contributed by atoms with Gasteiger partial charge in [0.2, 0.25) is 6.41 Å². The predicted octanol–water partition coefficient (Wildman–Crippen LogP) is 11.3. The van der Waals surface area contributed by atoms with Crippen LogP contribution in [0.15, 0.2) is 33.9 Å². The molecule has 2 aliphatic rings. The first-order valence-electron chi connectivity index (χ1n) is 22.5. The van der Waals surface area contributed by atoms with E-state index < -0.39 is 0 Å². The van der Waals surface area contributed by atoms with Gasteiger partial charge in [0.05, 0.1) is 18.0 Å². The van der Waals surface area contributed by atoms with E-state index >= 15 is 0 Å². The van der Waals surface area contributed by atoms with Gasteiger partial charge in [-0.25, -0.2) is 0 Å². The van der Waals surface area contributed by atoms with Crippen molar-refractivity contribution in [2.45, 2.75) is 124 Å². The van der Waals surface area contributed by atoms with Gasteiger partial charge in [-0.15, -0.1) is 0 Å². The van der Waals surface area contributed by atoms with Crippen molar-refractivity contribution in [3.63, 3.8) is 0 Å². The average molecular weight is 869 g/mol. The largest absolute Gasteiger partial charge is 0.383 e. The minimum Gasteiger partial charge on any atom is -0.383 e. The Balaban J connectivity index is 0.000000242. The Kier molecular flexibility index (Phi) is 16.8. The number of hydrogen-bond acceptors (Lipinski definition) is 8. The molecule has 2 heterocycles. The first-order chi connectivity index (χ1) is 29.8. The van der Waals surface area contributed by atoms with Crippen LogP contribution in [0.4, 0.5) is 0 Å². The first-order valence-corrected chi connectivity index (χ1v) is 22.5. The molecule has 4 aromatic carbocycles. The monoisotopic (exact) mass is 869 g/mol. The van der Waals surface area contributed by atoms with Crippen LogP contribution in [-0.2, 0) is 9.47 Å². The molecule has 0 N–H and O–H groups in total. The second-order valence-corrected chi connectivity index (χ2v) is 18.5. The summed E-state index contributed by atoms with van der Waals surface area (Å²) in [5, 5.41) is 0. The molecule has 0 radical (unpaired) electrons. The number of nitrogens with zero attached hydrogens (tertiary/aromatic N) is 4. The summed E-state index contributed by atoms with van der Waals surface area (Å²) in [6.07, 6.45) is 2.19. The average Bonchev–Trinajstić information content (AvgIpc) is 3.48. The van der Waals surface area contributed by atoms with E-state index in [4.69, 9.17) is 19.5 Å². The van der Waals surface area contributed by atoms with E-state index in [1.165, 1.54) is 89.0 Å². The van der Waals surface area contributed by atoms with Gasteiger partial charge in [-0.05, 0) is 226 Å². The fraction of sp³-hybridized carbons (Fsp3) is 0.464. The summed E-state index contributed by atoms with van der Waals surface area (Å²) in [4.78, 5) is 40.2. The van der Waals surface area contributed by atoms with Gasteiger partial charge in [0.15, 0.2) is 11.6 Å². The topological polar surface area (TPSA) is 83.8 Å². The number of ether oxygens (including phenoxy) is 2. The van der Waals surface area contributed by atoms with E-state index in [9.17, 15) is 9.59 Å². The highest BCUT2D eigenvalue weighted by Crippen LogP contribution is 2.36. The number of aryl methyl sites for hydroxylation is 2. The molecule has 0 amide bonds. The summed E-state index contributed by atoms with van der Waals surface area (Å²) in [6, 6.07) is 4.33. The zero-order valence-electron chi connectivity index (χ0n) is 43.4. The Morgan fingerprint density at radius 1 is 0.500 bits per heavy atom. The maximum atomic E-state index is 13.6. The van der Waals surface area contributed by atoms with Crippen LogP contribution in [0.5, 0.6) is 0 Å². The number of ketones is 2. The van der Waals surface area contributed by atoms with Crippen molar-refractivity contribution >= 4 is 23.0 Å². The van der Waals surface area contributed by atoms with Crippen LogP contribution in [0.3, 0.4) is 0 Å². The summed E-state index contributed by atoms with van der Waals surface area (Å²) in [5.41, 5.74) is 28.7. The zero-order valence-corrected chi connectivity index (χ0v) is 43.4. The molecule has 8 heteroatoms. The number of Topliss-reactive ketones (excluding diaryl/α,β-unsaturated/α-hetero) is 2. The van der Waals surface area contributed by atoms with Gasteiger partial charge >= 0.3 is 0 Å². The minimum atomic E-state index is -0.213. The van der Waals surface area contributed by atoms with Crippen LogP contribution in [0.25, 0.3) is 0 Å². The number of benzene rings is 4. The van der Waals surface area contributed by atoms with E-state index in [0.29, 0.717) is 19.5 Å². The molecule has 0 fully saturated rings. The normalized spacial score (nSPS) is 14.3. The molecule has 0 atom stereocenters. The van der Waals surface area contributed by atoms with E-state index in [1.807, 2.05) is 44.2 Å². The lowest BCUT2D eigenvalue weighted by Crippen LogP contribution is -2.30. The standard InChI is InChI=1S/C27H34N2O.C24H29NO.C5H13NO2/c1-14-11-23-25(19(6)15(14)2)27(30)22(13-29(9)10)12-28-26(23)24-20(7)17(4)16(3)18(5)21(24)8;1-12-11-20-23(17(6)13(12)2)21(26)9-10-25-24(20)22-18(7)15(4)14(3)16(5)19(22)8;1-6(2)5(7-3)8-4/h11,13H,12H2,1-10H3;11H,9-10H2,1-8H3;5H,1-4H3/b22-13+;;. The second kappa shape index (κ2) is 20.9. The van der Waals surface area contributed by atoms with Crippen LogP contribution in [0.2, 0.25) is 0 Å². The van der Waals surface area contributed by atoms with Gasteiger partial charge in [-0.3, -0.25) is 24.5 Å². The molecule has 4 aromatic rings. The third kappa shape index (κ3) is 9.95. The molecule has 344 valence electrons. The van der Waals surface area contributed by atoms with Crippen LogP contribution in [0, 0.1) is 111 Å². The molecule has 64 heavy (non-hydrogen) atoms. The molecule has 0 bridgehead atoms. The van der Waals surface area contributed by atoms with E-state index in [1.54, 1.807) is 14.2 Å². The van der Waals surface area contributed by atoms with Gasteiger partial charge in [-0.2, -0.15) is 0 Å².